The molecule has 3 saturated heterocycles. The van der Waals surface area contributed by atoms with E-state index in [0.717, 1.165) is 6.92 Å². The second-order valence-electron chi connectivity index (χ2n) is 11.8. The molecule has 0 aromatic carbocycles. The molecule has 3 aromatic heterocycles. The van der Waals surface area contributed by atoms with Gasteiger partial charge < -0.3 is 25.4 Å². The smallest absolute Gasteiger partial charge is 0.418 e. The number of nitrogens with two attached hydrogens (primary N) is 1. The van der Waals surface area contributed by atoms with Gasteiger partial charge in [-0.05, 0) is 20.3 Å². The molecule has 4 aliphatic heterocycles. The van der Waals surface area contributed by atoms with Gasteiger partial charge in [-0.1, -0.05) is 0 Å². The van der Waals surface area contributed by atoms with Crippen LogP contribution in [0.1, 0.15) is 31.0 Å². The van der Waals surface area contributed by atoms with Gasteiger partial charge in [0.1, 0.15) is 35.1 Å². The molecule has 3 atom stereocenters. The minimum absolute atomic E-state index is 0.0431. The number of aromatic nitrogens is 4. The maximum absolute atomic E-state index is 16.5. The summed E-state index contributed by atoms with van der Waals surface area (Å²) in [7, 11) is 0. The van der Waals surface area contributed by atoms with E-state index in [9.17, 15) is 22.0 Å². The first kappa shape index (κ1) is 29.0. The first-order valence-electron chi connectivity index (χ1n) is 14.0. The van der Waals surface area contributed by atoms with Crippen LogP contribution in [0.25, 0.3) is 22.2 Å². The molecule has 10 nitrogen and oxygen atoms in total. The summed E-state index contributed by atoms with van der Waals surface area (Å²) in [5.41, 5.74) is -0.398. The number of fused-ring (bicyclic) bond motifs is 3. The monoisotopic (exact) mass is 628 g/mol. The average Bonchev–Trinajstić information content (AvgIpc) is 3.05. The number of hydrogen-bond acceptors (Lipinski definition) is 10. The van der Waals surface area contributed by atoms with E-state index in [1.54, 1.807) is 11.8 Å². The van der Waals surface area contributed by atoms with Crippen molar-refractivity contribution in [1.82, 2.24) is 30.2 Å². The van der Waals surface area contributed by atoms with Crippen LogP contribution in [0.3, 0.4) is 0 Å². The molecule has 1 unspecified atom stereocenters. The van der Waals surface area contributed by atoms with Gasteiger partial charge in [-0.3, -0.25) is 4.90 Å². The molecule has 0 radical (unpaired) electrons. The molecule has 0 amide bonds. The van der Waals surface area contributed by atoms with Gasteiger partial charge in [-0.25, -0.2) is 27.5 Å². The number of aryl methyl sites for hydroxylation is 1. The number of nitrogen functional groups attached to an aromatic ring is 1. The quantitative estimate of drug-likeness (QED) is 0.415. The molecule has 3 fully saturated rings. The molecule has 4 aliphatic rings. The molecule has 0 saturated carbocycles. The van der Waals surface area contributed by atoms with Gasteiger partial charge in [-0.15, -0.1) is 0 Å². The van der Waals surface area contributed by atoms with Crippen LogP contribution in [-0.4, -0.2) is 87.8 Å². The topological polar surface area (TPSA) is 115 Å². The van der Waals surface area contributed by atoms with Gasteiger partial charge >= 0.3 is 12.2 Å². The summed E-state index contributed by atoms with van der Waals surface area (Å²) >= 11 is 0. The third-order valence-corrected chi connectivity index (χ3v) is 8.97. The highest BCUT2D eigenvalue weighted by Crippen LogP contribution is 2.49. The van der Waals surface area contributed by atoms with E-state index >= 15 is 8.78 Å². The number of pyridine rings is 2. The number of nitrogens with zero attached hydrogens (tertiary/aromatic N) is 6. The van der Waals surface area contributed by atoms with Gasteiger partial charge in [0, 0.05) is 32.6 Å². The number of ether oxygens (including phenoxy) is 2. The van der Waals surface area contributed by atoms with Crippen LogP contribution >= 0.6 is 0 Å². The maximum atomic E-state index is 16.5. The summed E-state index contributed by atoms with van der Waals surface area (Å²) in [6.45, 7) is 3.86. The maximum Gasteiger partial charge on any atom is 0.418 e. The summed E-state index contributed by atoms with van der Waals surface area (Å²) in [6.07, 6.45) is -5.76. The van der Waals surface area contributed by atoms with E-state index in [2.05, 4.69) is 25.3 Å². The Hall–Kier alpha value is -3.73. The fourth-order valence-electron chi connectivity index (χ4n) is 6.83. The van der Waals surface area contributed by atoms with E-state index in [0.29, 0.717) is 32.6 Å². The minimum Gasteiger partial charge on any atom is -0.472 e. The zero-order valence-corrected chi connectivity index (χ0v) is 23.5. The van der Waals surface area contributed by atoms with Crippen molar-refractivity contribution in [2.24, 2.45) is 0 Å². The van der Waals surface area contributed by atoms with Crippen molar-refractivity contribution in [3.63, 3.8) is 0 Å². The highest BCUT2D eigenvalue weighted by Gasteiger charge is 2.60. The Labute approximate surface area is 245 Å². The van der Waals surface area contributed by atoms with Crippen LogP contribution in [0.5, 0.6) is 11.9 Å². The summed E-state index contributed by atoms with van der Waals surface area (Å²) < 4.78 is 115. The highest BCUT2D eigenvalue weighted by atomic mass is 19.4. The number of piperazine rings is 1. The van der Waals surface area contributed by atoms with Crippen LogP contribution in [-0.2, 0) is 6.18 Å². The van der Waals surface area contributed by atoms with Crippen LogP contribution in [0.15, 0.2) is 0 Å². The fourth-order valence-corrected chi connectivity index (χ4v) is 6.83. The normalized spacial score (nSPS) is 26.1. The molecule has 0 spiro atoms. The Bertz CT molecular complexity index is 1690. The van der Waals surface area contributed by atoms with E-state index in [4.69, 9.17) is 15.2 Å². The van der Waals surface area contributed by atoms with Gasteiger partial charge in [-0.2, -0.15) is 23.1 Å². The molecule has 44 heavy (non-hydrogen) atoms. The van der Waals surface area contributed by atoms with Gasteiger partial charge in [0.05, 0.1) is 34.9 Å². The minimum atomic E-state index is -5.15. The number of hydrogen-bond donors (Lipinski definition) is 2. The molecule has 0 bridgehead atoms. The van der Waals surface area contributed by atoms with Gasteiger partial charge in [0.25, 0.3) is 5.92 Å². The van der Waals surface area contributed by atoms with Crippen LogP contribution < -0.4 is 25.4 Å². The lowest BCUT2D eigenvalue weighted by Gasteiger charge is -2.46. The SMILES string of the molecule is Cc1nc(N)c(F)c(-c2nc3c4c(nc(OCC56CCN5CC(F)(F)C6)nc4c2F)N2CCNC[C@H]2[C@H](C)O3)c1C(F)(F)F. The number of nitrogens with one attached hydrogen (secondary N) is 1. The third kappa shape index (κ3) is 4.37. The van der Waals surface area contributed by atoms with Crippen molar-refractivity contribution in [1.29, 1.82) is 0 Å². The molecule has 3 N–H and O–H groups in total. The van der Waals surface area contributed by atoms with Crippen molar-refractivity contribution >= 4 is 22.5 Å². The Kier molecular flexibility index (Phi) is 6.35. The Balaban J connectivity index is 1.44. The van der Waals surface area contributed by atoms with E-state index in [-0.39, 0.29) is 35.7 Å². The zero-order valence-electron chi connectivity index (χ0n) is 23.5. The molecule has 17 heteroatoms. The molecule has 7 rings (SSSR count). The average molecular weight is 629 g/mol. The molecular weight excluding hydrogens is 601 g/mol. The Morgan fingerprint density at radius 3 is 2.57 bits per heavy atom. The van der Waals surface area contributed by atoms with Crippen molar-refractivity contribution in [2.45, 2.75) is 56.5 Å². The predicted molar refractivity (Wildman–Crippen MR) is 143 cm³/mol. The number of rotatable bonds is 4. The van der Waals surface area contributed by atoms with Crippen LogP contribution in [0, 0.1) is 18.6 Å². The second kappa shape index (κ2) is 9.63. The standard InChI is InChI=1S/C27H27F7N8O2/c1-11-16(27(32,33)34)14(17(28)21(35)37-11)19-18(29)20-15-22(42-6-4-36-7-13(42)12(2)44-23(15)38-19)40-24(39-20)43-10-25-3-5-41(25)9-26(30,31)8-25/h12-13,36H,3-10H2,1-2H3,(H2,35,37)/t12-,13-,25?/m0/s1. The lowest BCUT2D eigenvalue weighted by Crippen LogP contribution is -2.59. The van der Waals surface area contributed by atoms with E-state index in [1.807, 2.05) is 4.90 Å². The van der Waals surface area contributed by atoms with E-state index < -0.39 is 82.2 Å². The Morgan fingerprint density at radius 1 is 1.11 bits per heavy atom. The Morgan fingerprint density at radius 2 is 1.89 bits per heavy atom. The summed E-state index contributed by atoms with van der Waals surface area (Å²) in [4.78, 5) is 19.7. The van der Waals surface area contributed by atoms with Gasteiger partial charge in [0.2, 0.25) is 5.88 Å². The van der Waals surface area contributed by atoms with Crippen LogP contribution in [0.2, 0.25) is 0 Å². The lowest BCUT2D eigenvalue weighted by atomic mass is 9.85. The number of anilines is 2. The van der Waals surface area contributed by atoms with Crippen molar-refractivity contribution in [2.75, 3.05) is 50.0 Å². The van der Waals surface area contributed by atoms with Crippen molar-refractivity contribution < 1.29 is 40.2 Å². The fraction of sp³-hybridized carbons (Fsp3) is 0.556. The van der Waals surface area contributed by atoms with E-state index in [1.165, 1.54) is 0 Å². The van der Waals surface area contributed by atoms with Crippen molar-refractivity contribution in [3.8, 4) is 23.1 Å². The summed E-state index contributed by atoms with van der Waals surface area (Å²) in [5, 5.41) is 3.19. The lowest BCUT2D eigenvalue weighted by molar-refractivity contribution is -0.138. The van der Waals surface area contributed by atoms with Crippen molar-refractivity contribution in [3.05, 3.63) is 22.9 Å². The molecule has 0 aliphatic carbocycles. The molecule has 236 valence electrons. The largest absolute Gasteiger partial charge is 0.472 e. The zero-order chi connectivity index (χ0) is 31.3. The van der Waals surface area contributed by atoms with Gasteiger partial charge in [0.15, 0.2) is 17.5 Å². The summed E-state index contributed by atoms with van der Waals surface area (Å²) in [5.74, 6) is -6.94. The first-order chi connectivity index (χ1) is 20.7. The molecule has 7 heterocycles. The number of halogens is 7. The highest BCUT2D eigenvalue weighted by molar-refractivity contribution is 5.97. The molecular formula is C27H27F7N8O2. The molecule has 3 aromatic rings. The third-order valence-electron chi connectivity index (χ3n) is 8.97. The second-order valence-corrected chi connectivity index (χ2v) is 11.8. The van der Waals surface area contributed by atoms with Crippen LogP contribution in [0.4, 0.5) is 42.4 Å². The summed E-state index contributed by atoms with van der Waals surface area (Å²) in [6, 6.07) is -0.745. The first-order valence-corrected chi connectivity index (χ1v) is 14.0. The predicted octanol–water partition coefficient (Wildman–Crippen LogP) is 3.70. The number of alkyl halides is 5.